The Morgan fingerprint density at radius 3 is 2.58 bits per heavy atom. The molecular weight excluding hydrogens is 242 g/mol. The van der Waals surface area contributed by atoms with Crippen molar-refractivity contribution in [3.8, 4) is 0 Å². The first-order valence-electron chi connectivity index (χ1n) is 7.41. The fourth-order valence-corrected chi connectivity index (χ4v) is 3.35. The Hall–Kier alpha value is -0.650. The number of hydrogen-bond donors (Lipinski definition) is 2. The smallest absolute Gasteiger partial charge is 0.221 e. The summed E-state index contributed by atoms with van der Waals surface area (Å²) in [6.07, 6.45) is 5.72. The first-order valence-corrected chi connectivity index (χ1v) is 7.41. The van der Waals surface area contributed by atoms with Crippen molar-refractivity contribution >= 4 is 5.91 Å². The van der Waals surface area contributed by atoms with Gasteiger partial charge in [-0.3, -0.25) is 4.79 Å². The molecule has 0 aromatic heterocycles. The molecule has 2 fully saturated rings. The van der Waals surface area contributed by atoms with Gasteiger partial charge in [-0.05, 0) is 32.7 Å². The number of hydrogen-bond acceptors (Lipinski definition) is 4. The second-order valence-corrected chi connectivity index (χ2v) is 5.77. The van der Waals surface area contributed by atoms with Crippen molar-refractivity contribution in [2.75, 3.05) is 33.9 Å². The average Bonchev–Trinajstić information content (AvgIpc) is 2.63. The molecule has 0 spiro atoms. The summed E-state index contributed by atoms with van der Waals surface area (Å²) in [5, 5.41) is 6.39. The predicted octanol–water partition coefficient (Wildman–Crippen LogP) is 0.354. The quantitative estimate of drug-likeness (QED) is 0.655. The highest BCUT2D eigenvalue weighted by atomic mass is 16.5. The number of piperidine rings is 1. The van der Waals surface area contributed by atoms with Crippen molar-refractivity contribution < 1.29 is 9.53 Å². The maximum atomic E-state index is 11.5. The van der Waals surface area contributed by atoms with Crippen LogP contribution >= 0.6 is 0 Å². The van der Waals surface area contributed by atoms with Crippen LogP contribution in [0.2, 0.25) is 0 Å². The van der Waals surface area contributed by atoms with Crippen molar-refractivity contribution in [2.45, 2.75) is 50.2 Å². The van der Waals surface area contributed by atoms with Crippen LogP contribution in [0.4, 0.5) is 0 Å². The van der Waals surface area contributed by atoms with Crippen LogP contribution in [0, 0.1) is 0 Å². The highest BCUT2D eigenvalue weighted by Gasteiger charge is 2.37. The molecule has 2 N–H and O–H groups in total. The normalized spacial score (nSPS) is 30.5. The molecule has 2 aliphatic heterocycles. The van der Waals surface area contributed by atoms with Gasteiger partial charge in [0.05, 0.1) is 6.61 Å². The number of fused-ring (bicyclic) bond motifs is 2. The largest absolute Gasteiger partial charge is 0.383 e. The molecule has 2 saturated heterocycles. The summed E-state index contributed by atoms with van der Waals surface area (Å²) >= 11 is 0. The van der Waals surface area contributed by atoms with Gasteiger partial charge in [-0.25, -0.2) is 0 Å². The minimum absolute atomic E-state index is 0.112. The van der Waals surface area contributed by atoms with Crippen molar-refractivity contribution in [3.05, 3.63) is 0 Å². The third kappa shape index (κ3) is 4.16. The lowest BCUT2D eigenvalue weighted by Gasteiger charge is -2.36. The topological polar surface area (TPSA) is 53.6 Å². The van der Waals surface area contributed by atoms with E-state index in [-0.39, 0.29) is 5.91 Å². The lowest BCUT2D eigenvalue weighted by atomic mass is 9.98. The molecule has 1 amide bonds. The van der Waals surface area contributed by atoms with Gasteiger partial charge in [-0.1, -0.05) is 0 Å². The van der Waals surface area contributed by atoms with E-state index >= 15 is 0 Å². The summed E-state index contributed by atoms with van der Waals surface area (Å²) in [5.74, 6) is 0.112. The third-order valence-electron chi connectivity index (χ3n) is 4.51. The molecule has 5 nitrogen and oxygen atoms in total. The van der Waals surface area contributed by atoms with E-state index in [1.165, 1.54) is 25.7 Å². The lowest BCUT2D eigenvalue weighted by Crippen LogP contribution is -2.47. The molecule has 0 aromatic carbocycles. The second kappa shape index (κ2) is 7.22. The van der Waals surface area contributed by atoms with E-state index in [2.05, 4.69) is 22.6 Å². The van der Waals surface area contributed by atoms with E-state index in [4.69, 9.17) is 4.74 Å². The lowest BCUT2D eigenvalue weighted by molar-refractivity contribution is -0.121. The number of amides is 1. The summed E-state index contributed by atoms with van der Waals surface area (Å²) in [6, 6.07) is 2.11. The second-order valence-electron chi connectivity index (χ2n) is 5.77. The zero-order chi connectivity index (χ0) is 13.7. The third-order valence-corrected chi connectivity index (χ3v) is 4.51. The van der Waals surface area contributed by atoms with Crippen molar-refractivity contribution in [2.24, 2.45) is 0 Å². The molecule has 2 unspecified atom stereocenters. The molecule has 0 radical (unpaired) electrons. The Morgan fingerprint density at radius 1 is 1.26 bits per heavy atom. The Kier molecular flexibility index (Phi) is 5.60. The van der Waals surface area contributed by atoms with Gasteiger partial charge in [0.25, 0.3) is 0 Å². The molecule has 0 aliphatic carbocycles. The van der Waals surface area contributed by atoms with Gasteiger partial charge < -0.3 is 20.3 Å². The maximum absolute atomic E-state index is 11.5. The Balaban J connectivity index is 1.58. The first kappa shape index (κ1) is 14.8. The van der Waals surface area contributed by atoms with E-state index in [1.54, 1.807) is 7.11 Å². The summed E-state index contributed by atoms with van der Waals surface area (Å²) in [5.41, 5.74) is 0. The zero-order valence-electron chi connectivity index (χ0n) is 12.2. The van der Waals surface area contributed by atoms with Gasteiger partial charge in [0.2, 0.25) is 5.91 Å². The summed E-state index contributed by atoms with van der Waals surface area (Å²) < 4.78 is 4.90. The van der Waals surface area contributed by atoms with Gasteiger partial charge in [0.15, 0.2) is 0 Å². The molecule has 110 valence electrons. The fraction of sp³-hybridized carbons (Fsp3) is 0.929. The number of ether oxygens (including phenoxy) is 1. The van der Waals surface area contributed by atoms with E-state index in [0.29, 0.717) is 25.6 Å². The summed E-state index contributed by atoms with van der Waals surface area (Å²) in [7, 11) is 3.89. The summed E-state index contributed by atoms with van der Waals surface area (Å²) in [6.45, 7) is 1.97. The van der Waals surface area contributed by atoms with E-state index < -0.39 is 0 Å². The van der Waals surface area contributed by atoms with Gasteiger partial charge in [-0.2, -0.15) is 0 Å². The van der Waals surface area contributed by atoms with Gasteiger partial charge in [0.1, 0.15) is 0 Å². The van der Waals surface area contributed by atoms with Gasteiger partial charge in [0, 0.05) is 44.7 Å². The standard InChI is InChI=1S/C14H27N3O2/c1-17-12-3-4-13(17)10-11(9-12)15-6-5-14(18)16-7-8-19-2/h11-13,15H,3-10H2,1-2H3,(H,16,18). The van der Waals surface area contributed by atoms with Crippen LogP contribution in [0.25, 0.3) is 0 Å². The minimum atomic E-state index is 0.112. The monoisotopic (exact) mass is 269 g/mol. The molecule has 0 aromatic rings. The Bertz CT molecular complexity index is 284. The molecule has 19 heavy (non-hydrogen) atoms. The van der Waals surface area contributed by atoms with Gasteiger partial charge >= 0.3 is 0 Å². The van der Waals surface area contributed by atoms with Crippen LogP contribution in [-0.4, -0.2) is 62.8 Å². The highest BCUT2D eigenvalue weighted by Crippen LogP contribution is 2.34. The van der Waals surface area contributed by atoms with E-state index in [1.807, 2.05) is 0 Å². The molecule has 2 bridgehead atoms. The van der Waals surface area contributed by atoms with E-state index in [0.717, 1.165) is 18.6 Å². The average molecular weight is 269 g/mol. The summed E-state index contributed by atoms with van der Waals surface area (Å²) in [4.78, 5) is 14.1. The van der Waals surface area contributed by atoms with Gasteiger partial charge in [-0.15, -0.1) is 0 Å². The molecule has 5 heteroatoms. The van der Waals surface area contributed by atoms with Crippen molar-refractivity contribution in [3.63, 3.8) is 0 Å². The number of rotatable bonds is 7. The molecule has 2 heterocycles. The zero-order valence-corrected chi connectivity index (χ0v) is 12.2. The first-order chi connectivity index (χ1) is 9.20. The number of carbonyl (C=O) groups is 1. The van der Waals surface area contributed by atoms with Crippen LogP contribution in [0.15, 0.2) is 0 Å². The van der Waals surface area contributed by atoms with Crippen LogP contribution < -0.4 is 10.6 Å². The van der Waals surface area contributed by atoms with Crippen molar-refractivity contribution in [1.82, 2.24) is 15.5 Å². The number of carbonyl (C=O) groups excluding carboxylic acids is 1. The van der Waals surface area contributed by atoms with Crippen LogP contribution in [-0.2, 0) is 9.53 Å². The highest BCUT2D eigenvalue weighted by molar-refractivity contribution is 5.76. The van der Waals surface area contributed by atoms with Crippen LogP contribution in [0.5, 0.6) is 0 Å². The molecule has 2 aliphatic rings. The van der Waals surface area contributed by atoms with E-state index in [9.17, 15) is 4.79 Å². The number of nitrogens with one attached hydrogen (secondary N) is 2. The molecule has 0 saturated carbocycles. The number of nitrogens with zero attached hydrogens (tertiary/aromatic N) is 1. The molecular formula is C14H27N3O2. The van der Waals surface area contributed by atoms with Crippen LogP contribution in [0.3, 0.4) is 0 Å². The maximum Gasteiger partial charge on any atom is 0.221 e. The SMILES string of the molecule is COCCNC(=O)CCNC1CC2CCC(C1)N2C. The molecule has 2 rings (SSSR count). The fourth-order valence-electron chi connectivity index (χ4n) is 3.35. The Morgan fingerprint density at radius 2 is 1.95 bits per heavy atom. The number of methoxy groups -OCH3 is 1. The molecule has 2 atom stereocenters. The van der Waals surface area contributed by atoms with Crippen molar-refractivity contribution in [1.29, 1.82) is 0 Å². The van der Waals surface area contributed by atoms with Crippen LogP contribution in [0.1, 0.15) is 32.1 Å². The minimum Gasteiger partial charge on any atom is -0.383 e. The Labute approximate surface area is 116 Å². The predicted molar refractivity (Wildman–Crippen MR) is 75.1 cm³/mol.